The molecule has 2 bridgehead atoms. The van der Waals surface area contributed by atoms with Crippen molar-refractivity contribution in [3.63, 3.8) is 0 Å². The van der Waals surface area contributed by atoms with Crippen molar-refractivity contribution in [2.75, 3.05) is 26.2 Å². The Hall–Kier alpha value is -1.92. The van der Waals surface area contributed by atoms with Gasteiger partial charge in [0.1, 0.15) is 0 Å². The summed E-state index contributed by atoms with van der Waals surface area (Å²) in [4.78, 5) is 28.8. The Bertz CT molecular complexity index is 763. The molecule has 2 aliphatic heterocycles. The first-order valence-corrected chi connectivity index (χ1v) is 12.2. The molecule has 1 saturated carbocycles. The molecule has 0 spiro atoms. The van der Waals surface area contributed by atoms with Crippen molar-refractivity contribution in [3.05, 3.63) is 35.4 Å². The van der Waals surface area contributed by atoms with Gasteiger partial charge in [0.25, 0.3) is 0 Å². The van der Waals surface area contributed by atoms with E-state index in [9.17, 15) is 9.59 Å². The zero-order valence-corrected chi connectivity index (χ0v) is 18.7. The molecule has 1 aliphatic carbocycles. The SMILES string of the molecule is NCC(=O)N(CCN1C2CCC1CC(c1cccc(C(N)=O)c1)C2)CC1CCCCC1. The number of carbonyl (C=O) groups excluding carboxylic acids is 2. The van der Waals surface area contributed by atoms with Crippen molar-refractivity contribution in [3.8, 4) is 0 Å². The summed E-state index contributed by atoms with van der Waals surface area (Å²) in [5, 5.41) is 0. The van der Waals surface area contributed by atoms with Gasteiger partial charge < -0.3 is 16.4 Å². The Morgan fingerprint density at radius 3 is 2.39 bits per heavy atom. The molecule has 6 nitrogen and oxygen atoms in total. The van der Waals surface area contributed by atoms with E-state index in [2.05, 4.69) is 11.0 Å². The molecular weight excluding hydrogens is 388 g/mol. The average molecular weight is 427 g/mol. The molecule has 2 amide bonds. The molecule has 2 atom stereocenters. The molecule has 3 aliphatic rings. The monoisotopic (exact) mass is 426 g/mol. The lowest BCUT2D eigenvalue weighted by Gasteiger charge is -2.40. The van der Waals surface area contributed by atoms with Gasteiger partial charge in [-0.2, -0.15) is 0 Å². The van der Waals surface area contributed by atoms with Gasteiger partial charge in [-0.05, 0) is 68.1 Å². The number of nitrogens with two attached hydrogens (primary N) is 2. The fourth-order valence-corrected chi connectivity index (χ4v) is 6.22. The predicted octanol–water partition coefficient (Wildman–Crippen LogP) is 2.86. The highest BCUT2D eigenvalue weighted by Crippen LogP contribution is 2.43. The topological polar surface area (TPSA) is 92.7 Å². The van der Waals surface area contributed by atoms with E-state index in [1.54, 1.807) is 6.07 Å². The van der Waals surface area contributed by atoms with E-state index in [-0.39, 0.29) is 18.4 Å². The van der Waals surface area contributed by atoms with Crippen LogP contribution in [0.15, 0.2) is 24.3 Å². The standard InChI is InChI=1S/C25H38N4O2/c26-16-24(30)28(17-18-5-2-1-3-6-18)11-12-29-22-9-10-23(29)15-21(14-22)19-7-4-8-20(13-19)25(27)31/h4,7-8,13,18,21-23H,1-3,5-6,9-12,14-17,26H2,(H2,27,31). The van der Waals surface area contributed by atoms with E-state index in [1.807, 2.05) is 17.0 Å². The van der Waals surface area contributed by atoms with Crippen LogP contribution in [0.4, 0.5) is 0 Å². The van der Waals surface area contributed by atoms with Gasteiger partial charge in [-0.15, -0.1) is 0 Å². The second-order valence-electron chi connectivity index (χ2n) is 9.83. The lowest BCUT2D eigenvalue weighted by atomic mass is 9.84. The van der Waals surface area contributed by atoms with Crippen LogP contribution >= 0.6 is 0 Å². The van der Waals surface area contributed by atoms with Crippen LogP contribution in [-0.2, 0) is 4.79 Å². The van der Waals surface area contributed by atoms with E-state index in [4.69, 9.17) is 11.5 Å². The summed E-state index contributed by atoms with van der Waals surface area (Å²) in [5.41, 5.74) is 13.1. The molecule has 6 heteroatoms. The van der Waals surface area contributed by atoms with Crippen molar-refractivity contribution in [2.24, 2.45) is 17.4 Å². The Labute approximate surface area is 186 Å². The van der Waals surface area contributed by atoms with Crippen LogP contribution in [0, 0.1) is 5.92 Å². The number of piperidine rings is 1. The molecule has 3 fully saturated rings. The number of amides is 2. The molecule has 1 aromatic carbocycles. The average Bonchev–Trinajstić information content (AvgIpc) is 3.03. The Balaban J connectivity index is 1.36. The summed E-state index contributed by atoms with van der Waals surface area (Å²) in [6.07, 6.45) is 11.1. The van der Waals surface area contributed by atoms with Crippen molar-refractivity contribution in [2.45, 2.75) is 75.8 Å². The van der Waals surface area contributed by atoms with Gasteiger partial charge >= 0.3 is 0 Å². The van der Waals surface area contributed by atoms with Crippen LogP contribution in [0.25, 0.3) is 0 Å². The van der Waals surface area contributed by atoms with Gasteiger partial charge in [-0.25, -0.2) is 0 Å². The first-order valence-electron chi connectivity index (χ1n) is 12.2. The number of hydrogen-bond acceptors (Lipinski definition) is 4. The molecule has 0 radical (unpaired) electrons. The number of carbonyl (C=O) groups is 2. The van der Waals surface area contributed by atoms with E-state index in [1.165, 1.54) is 50.5 Å². The fraction of sp³-hybridized carbons (Fsp3) is 0.680. The van der Waals surface area contributed by atoms with Crippen LogP contribution < -0.4 is 11.5 Å². The van der Waals surface area contributed by atoms with E-state index < -0.39 is 0 Å². The molecule has 4 rings (SSSR count). The third-order valence-corrected chi connectivity index (χ3v) is 7.89. The van der Waals surface area contributed by atoms with Crippen molar-refractivity contribution >= 4 is 11.8 Å². The lowest BCUT2D eigenvalue weighted by Crippen LogP contribution is -2.48. The molecule has 170 valence electrons. The highest BCUT2D eigenvalue weighted by Gasteiger charge is 2.41. The maximum absolute atomic E-state index is 12.5. The van der Waals surface area contributed by atoms with Crippen LogP contribution in [-0.4, -0.2) is 59.9 Å². The van der Waals surface area contributed by atoms with Gasteiger partial charge in [0, 0.05) is 37.3 Å². The molecule has 0 aromatic heterocycles. The van der Waals surface area contributed by atoms with E-state index in [0.717, 1.165) is 32.5 Å². The minimum absolute atomic E-state index is 0.0936. The summed E-state index contributed by atoms with van der Waals surface area (Å²) in [6, 6.07) is 8.98. The summed E-state index contributed by atoms with van der Waals surface area (Å²) in [5.74, 6) is 0.863. The van der Waals surface area contributed by atoms with Gasteiger partial charge in [0.2, 0.25) is 11.8 Å². The van der Waals surface area contributed by atoms with Gasteiger partial charge in [-0.3, -0.25) is 14.5 Å². The normalized spacial score (nSPS) is 26.7. The van der Waals surface area contributed by atoms with Crippen LogP contribution in [0.5, 0.6) is 0 Å². The quantitative estimate of drug-likeness (QED) is 0.668. The molecule has 4 N–H and O–H groups in total. The maximum atomic E-state index is 12.5. The van der Waals surface area contributed by atoms with Gasteiger partial charge in [-0.1, -0.05) is 31.4 Å². The van der Waals surface area contributed by atoms with Crippen molar-refractivity contribution in [1.29, 1.82) is 0 Å². The molecule has 31 heavy (non-hydrogen) atoms. The maximum Gasteiger partial charge on any atom is 0.248 e. The zero-order valence-electron chi connectivity index (χ0n) is 18.7. The predicted molar refractivity (Wildman–Crippen MR) is 123 cm³/mol. The number of hydrogen-bond donors (Lipinski definition) is 2. The lowest BCUT2D eigenvalue weighted by molar-refractivity contribution is -0.130. The summed E-state index contributed by atoms with van der Waals surface area (Å²) >= 11 is 0. The Morgan fingerprint density at radius 2 is 1.74 bits per heavy atom. The zero-order chi connectivity index (χ0) is 21.8. The van der Waals surface area contributed by atoms with Crippen LogP contribution in [0.3, 0.4) is 0 Å². The number of benzene rings is 1. The third-order valence-electron chi connectivity index (χ3n) is 7.89. The molecular formula is C25H38N4O2. The summed E-state index contributed by atoms with van der Waals surface area (Å²) in [7, 11) is 0. The Morgan fingerprint density at radius 1 is 1.03 bits per heavy atom. The molecule has 2 unspecified atom stereocenters. The van der Waals surface area contributed by atoms with E-state index >= 15 is 0 Å². The molecule has 2 saturated heterocycles. The summed E-state index contributed by atoms with van der Waals surface area (Å²) in [6.45, 7) is 2.72. The molecule has 2 heterocycles. The molecule has 1 aromatic rings. The smallest absolute Gasteiger partial charge is 0.248 e. The number of fused-ring (bicyclic) bond motifs is 2. The number of nitrogens with zero attached hydrogens (tertiary/aromatic N) is 2. The van der Waals surface area contributed by atoms with Crippen LogP contribution in [0.2, 0.25) is 0 Å². The van der Waals surface area contributed by atoms with Crippen LogP contribution in [0.1, 0.15) is 79.6 Å². The number of primary amides is 1. The highest BCUT2D eigenvalue weighted by molar-refractivity contribution is 5.92. The first kappa shape index (κ1) is 22.3. The largest absolute Gasteiger partial charge is 0.366 e. The minimum atomic E-state index is -0.357. The minimum Gasteiger partial charge on any atom is -0.366 e. The van der Waals surface area contributed by atoms with Gasteiger partial charge in [0.05, 0.1) is 6.54 Å². The van der Waals surface area contributed by atoms with Crippen molar-refractivity contribution in [1.82, 2.24) is 9.80 Å². The second kappa shape index (κ2) is 10.1. The Kier molecular flexibility index (Phi) is 7.28. The van der Waals surface area contributed by atoms with Gasteiger partial charge in [0.15, 0.2) is 0 Å². The fourth-order valence-electron chi connectivity index (χ4n) is 6.22. The highest BCUT2D eigenvalue weighted by atomic mass is 16.2. The first-order chi connectivity index (χ1) is 15.0. The number of rotatable bonds is 8. The third kappa shape index (κ3) is 5.29. The summed E-state index contributed by atoms with van der Waals surface area (Å²) < 4.78 is 0. The van der Waals surface area contributed by atoms with E-state index in [0.29, 0.717) is 29.5 Å². The van der Waals surface area contributed by atoms with Crippen molar-refractivity contribution < 1.29 is 9.59 Å². The second-order valence-corrected chi connectivity index (χ2v) is 9.83.